The summed E-state index contributed by atoms with van der Waals surface area (Å²) in [6, 6.07) is 8.23. The molecular weight excluding hydrogens is 312 g/mol. The molecule has 0 bridgehead atoms. The van der Waals surface area contributed by atoms with Crippen molar-refractivity contribution in [2.45, 2.75) is 51.9 Å². The summed E-state index contributed by atoms with van der Waals surface area (Å²) in [5.41, 5.74) is 1.17. The number of rotatable bonds is 11. The Kier molecular flexibility index (Phi) is 10.4. The lowest BCUT2D eigenvalue weighted by molar-refractivity contribution is 0.303. The molecule has 0 spiro atoms. The highest BCUT2D eigenvalue weighted by Crippen LogP contribution is 2.20. The van der Waals surface area contributed by atoms with Gasteiger partial charge < -0.3 is 4.74 Å². The van der Waals surface area contributed by atoms with Crippen molar-refractivity contribution >= 4 is 22.0 Å². The fourth-order valence-corrected chi connectivity index (χ4v) is 2.59. The summed E-state index contributed by atoms with van der Waals surface area (Å²) in [5.74, 6) is 1.00. The SMILES string of the molecule is C/C=C/c1ccccc1OCCCCCCCCCBr. The van der Waals surface area contributed by atoms with E-state index in [1.807, 2.05) is 13.0 Å². The summed E-state index contributed by atoms with van der Waals surface area (Å²) >= 11 is 3.47. The van der Waals surface area contributed by atoms with E-state index < -0.39 is 0 Å². The molecule has 0 aliphatic heterocycles. The first-order valence-corrected chi connectivity index (χ1v) is 8.91. The standard InChI is InChI=1S/C18H27BrO/c1-2-12-17-13-8-9-14-18(17)20-16-11-7-5-3-4-6-10-15-19/h2,8-9,12-14H,3-7,10-11,15-16H2,1H3/b12-2+. The average molecular weight is 339 g/mol. The molecule has 0 heterocycles. The zero-order valence-corrected chi connectivity index (χ0v) is 14.2. The Morgan fingerprint density at radius 3 is 2.30 bits per heavy atom. The van der Waals surface area contributed by atoms with E-state index in [0.29, 0.717) is 0 Å². The lowest BCUT2D eigenvalue weighted by Crippen LogP contribution is -1.98. The monoisotopic (exact) mass is 338 g/mol. The molecule has 0 amide bonds. The molecule has 0 fully saturated rings. The fraction of sp³-hybridized carbons (Fsp3) is 0.556. The van der Waals surface area contributed by atoms with Gasteiger partial charge in [-0.1, -0.05) is 78.4 Å². The van der Waals surface area contributed by atoms with Crippen LogP contribution in [0.4, 0.5) is 0 Å². The summed E-state index contributed by atoms with van der Waals surface area (Å²) in [6.07, 6.45) is 13.3. The molecule has 20 heavy (non-hydrogen) atoms. The first-order chi connectivity index (χ1) is 9.88. The molecule has 2 heteroatoms. The quantitative estimate of drug-likeness (QED) is 0.343. The molecule has 0 N–H and O–H groups in total. The fourth-order valence-electron chi connectivity index (χ4n) is 2.19. The van der Waals surface area contributed by atoms with Crippen LogP contribution in [0.1, 0.15) is 57.4 Å². The highest BCUT2D eigenvalue weighted by atomic mass is 79.9. The maximum Gasteiger partial charge on any atom is 0.126 e. The van der Waals surface area contributed by atoms with Crippen molar-refractivity contribution in [1.29, 1.82) is 0 Å². The predicted molar refractivity (Wildman–Crippen MR) is 92.8 cm³/mol. The van der Waals surface area contributed by atoms with E-state index in [4.69, 9.17) is 4.74 Å². The van der Waals surface area contributed by atoms with Crippen LogP contribution in [0, 0.1) is 0 Å². The maximum absolute atomic E-state index is 5.88. The van der Waals surface area contributed by atoms with Crippen molar-refractivity contribution in [1.82, 2.24) is 0 Å². The van der Waals surface area contributed by atoms with E-state index in [-0.39, 0.29) is 0 Å². The van der Waals surface area contributed by atoms with Crippen molar-refractivity contribution in [2.75, 3.05) is 11.9 Å². The van der Waals surface area contributed by atoms with Gasteiger partial charge in [0.2, 0.25) is 0 Å². The summed E-state index contributed by atoms with van der Waals surface area (Å²) in [5, 5.41) is 1.15. The molecule has 1 aromatic carbocycles. The molecule has 1 nitrogen and oxygen atoms in total. The van der Waals surface area contributed by atoms with Crippen LogP contribution in [0.15, 0.2) is 30.3 Å². The van der Waals surface area contributed by atoms with E-state index in [1.165, 1.54) is 44.1 Å². The number of benzene rings is 1. The molecule has 112 valence electrons. The smallest absolute Gasteiger partial charge is 0.126 e. The highest BCUT2D eigenvalue weighted by Gasteiger charge is 1.99. The van der Waals surface area contributed by atoms with E-state index in [9.17, 15) is 0 Å². The van der Waals surface area contributed by atoms with Gasteiger partial charge in [-0.25, -0.2) is 0 Å². The first kappa shape index (κ1) is 17.3. The molecule has 0 atom stereocenters. The van der Waals surface area contributed by atoms with Gasteiger partial charge in [0, 0.05) is 10.9 Å². The van der Waals surface area contributed by atoms with Gasteiger partial charge >= 0.3 is 0 Å². The topological polar surface area (TPSA) is 9.23 Å². The summed E-state index contributed by atoms with van der Waals surface area (Å²) in [4.78, 5) is 0. The Bertz CT molecular complexity index is 373. The summed E-state index contributed by atoms with van der Waals surface area (Å²) < 4.78 is 5.88. The number of para-hydroxylation sites is 1. The van der Waals surface area contributed by atoms with Crippen LogP contribution in [0.25, 0.3) is 6.08 Å². The largest absolute Gasteiger partial charge is 0.493 e. The van der Waals surface area contributed by atoms with E-state index >= 15 is 0 Å². The molecule has 0 aromatic heterocycles. The summed E-state index contributed by atoms with van der Waals surface area (Å²) in [7, 11) is 0. The van der Waals surface area contributed by atoms with E-state index in [1.54, 1.807) is 0 Å². The Morgan fingerprint density at radius 2 is 1.60 bits per heavy atom. The third kappa shape index (κ3) is 7.74. The van der Waals surface area contributed by atoms with E-state index in [2.05, 4.69) is 46.3 Å². The first-order valence-electron chi connectivity index (χ1n) is 7.79. The van der Waals surface area contributed by atoms with Crippen molar-refractivity contribution in [2.24, 2.45) is 0 Å². The lowest BCUT2D eigenvalue weighted by atomic mass is 10.1. The van der Waals surface area contributed by atoms with Crippen molar-refractivity contribution in [3.8, 4) is 5.75 Å². The zero-order valence-electron chi connectivity index (χ0n) is 12.6. The van der Waals surface area contributed by atoms with Crippen LogP contribution in [-0.4, -0.2) is 11.9 Å². The second-order valence-electron chi connectivity index (χ2n) is 5.05. The molecule has 0 unspecified atom stereocenters. The normalized spacial score (nSPS) is 11.1. The molecule has 0 radical (unpaired) electrons. The minimum absolute atomic E-state index is 0.829. The van der Waals surface area contributed by atoms with Crippen molar-refractivity contribution in [3.05, 3.63) is 35.9 Å². The number of allylic oxidation sites excluding steroid dienone is 1. The Labute approximate surface area is 132 Å². The molecule has 0 aliphatic rings. The van der Waals surface area contributed by atoms with Gasteiger partial charge in [-0.2, -0.15) is 0 Å². The second kappa shape index (κ2) is 12.0. The van der Waals surface area contributed by atoms with Crippen LogP contribution in [-0.2, 0) is 0 Å². The van der Waals surface area contributed by atoms with Gasteiger partial charge in [-0.3, -0.25) is 0 Å². The Morgan fingerprint density at radius 1 is 0.950 bits per heavy atom. The lowest BCUT2D eigenvalue weighted by Gasteiger charge is -2.09. The number of unbranched alkanes of at least 4 members (excludes halogenated alkanes) is 6. The average Bonchev–Trinajstić information content (AvgIpc) is 2.47. The van der Waals surface area contributed by atoms with Crippen LogP contribution in [0.3, 0.4) is 0 Å². The minimum atomic E-state index is 0.829. The number of alkyl halides is 1. The number of hydrogen-bond donors (Lipinski definition) is 0. The third-order valence-corrected chi connectivity index (χ3v) is 3.86. The molecule has 0 saturated carbocycles. The molecule has 0 saturated heterocycles. The van der Waals surface area contributed by atoms with Gasteiger partial charge in [0.1, 0.15) is 5.75 Å². The van der Waals surface area contributed by atoms with Crippen molar-refractivity contribution in [3.63, 3.8) is 0 Å². The van der Waals surface area contributed by atoms with Gasteiger partial charge in [-0.05, 0) is 25.8 Å². The van der Waals surface area contributed by atoms with Gasteiger partial charge in [0.25, 0.3) is 0 Å². The van der Waals surface area contributed by atoms with Gasteiger partial charge in [0.05, 0.1) is 6.61 Å². The van der Waals surface area contributed by atoms with Crippen molar-refractivity contribution < 1.29 is 4.74 Å². The van der Waals surface area contributed by atoms with Gasteiger partial charge in [0.15, 0.2) is 0 Å². The maximum atomic E-state index is 5.88. The summed E-state index contributed by atoms with van der Waals surface area (Å²) in [6.45, 7) is 2.86. The number of ether oxygens (including phenoxy) is 1. The Hall–Kier alpha value is -0.760. The van der Waals surface area contributed by atoms with Crippen LogP contribution in [0.2, 0.25) is 0 Å². The molecular formula is C18H27BrO. The predicted octanol–water partition coefficient (Wildman–Crippen LogP) is 6.22. The number of halogens is 1. The van der Waals surface area contributed by atoms with E-state index in [0.717, 1.165) is 24.1 Å². The highest BCUT2D eigenvalue weighted by molar-refractivity contribution is 9.09. The van der Waals surface area contributed by atoms with Crippen LogP contribution in [0.5, 0.6) is 5.75 Å². The molecule has 1 rings (SSSR count). The molecule has 0 aliphatic carbocycles. The van der Waals surface area contributed by atoms with Crippen LogP contribution >= 0.6 is 15.9 Å². The van der Waals surface area contributed by atoms with Gasteiger partial charge in [-0.15, -0.1) is 0 Å². The van der Waals surface area contributed by atoms with Crippen LogP contribution < -0.4 is 4.74 Å². The second-order valence-corrected chi connectivity index (χ2v) is 5.84. The Balaban J connectivity index is 2.09. The number of hydrogen-bond acceptors (Lipinski definition) is 1. The zero-order chi connectivity index (χ0) is 14.5. The third-order valence-electron chi connectivity index (χ3n) is 3.30. The molecule has 1 aromatic rings. The minimum Gasteiger partial charge on any atom is -0.493 e.